The van der Waals surface area contributed by atoms with Crippen molar-refractivity contribution in [3.8, 4) is 11.3 Å². The summed E-state index contributed by atoms with van der Waals surface area (Å²) in [5, 5.41) is 17.2. The summed E-state index contributed by atoms with van der Waals surface area (Å²) >= 11 is 0. The van der Waals surface area contributed by atoms with Crippen molar-refractivity contribution in [2.45, 2.75) is 40.3 Å². The summed E-state index contributed by atoms with van der Waals surface area (Å²) in [7, 11) is 0. The highest BCUT2D eigenvalue weighted by Crippen LogP contribution is 2.20. The first-order chi connectivity index (χ1) is 13.9. The maximum Gasteiger partial charge on any atom is 0.276 e. The minimum absolute atomic E-state index is 0.0499. The van der Waals surface area contributed by atoms with Gasteiger partial charge in [-0.3, -0.25) is 19.9 Å². The number of nitrogens with one attached hydrogen (secondary N) is 3. The molecule has 2 aromatic heterocycles. The molecule has 3 rings (SSSR count). The molecule has 0 aliphatic carbocycles. The lowest BCUT2D eigenvalue weighted by Gasteiger charge is -2.11. The van der Waals surface area contributed by atoms with E-state index in [0.717, 1.165) is 11.3 Å². The molecule has 3 N–H and O–H groups in total. The Bertz CT molecular complexity index is 1020. The summed E-state index contributed by atoms with van der Waals surface area (Å²) in [5.74, 6) is 0.142. The van der Waals surface area contributed by atoms with Gasteiger partial charge < -0.3 is 5.32 Å². The number of carbonyl (C=O) groups excluding carboxylic acids is 1. The Balaban J connectivity index is 1.78. The summed E-state index contributed by atoms with van der Waals surface area (Å²) in [6.07, 6.45) is 0. The summed E-state index contributed by atoms with van der Waals surface area (Å²) in [6.45, 7) is 8.16. The highest BCUT2D eigenvalue weighted by Gasteiger charge is 2.16. The van der Waals surface area contributed by atoms with E-state index in [-0.39, 0.29) is 23.7 Å². The molecular weight excluding hydrogens is 373 g/mol. The number of amides is 1. The molecule has 0 atom stereocenters. The fourth-order valence-electron chi connectivity index (χ4n) is 2.78. The van der Waals surface area contributed by atoms with E-state index in [1.807, 2.05) is 27.7 Å². The SMILES string of the molecule is CCn1nc(C)cc1C(=O)NC(=NC(C)C)Nc1cc(-c2ccc(F)cc2)[nH]n1. The number of hydrogen-bond acceptors (Lipinski definition) is 4. The summed E-state index contributed by atoms with van der Waals surface area (Å²) in [5.41, 5.74) is 2.73. The number of anilines is 1. The van der Waals surface area contributed by atoms with Crippen molar-refractivity contribution in [2.75, 3.05) is 5.32 Å². The van der Waals surface area contributed by atoms with Crippen LogP contribution in [0.25, 0.3) is 11.3 Å². The van der Waals surface area contributed by atoms with Crippen LogP contribution in [-0.2, 0) is 6.54 Å². The van der Waals surface area contributed by atoms with Crippen molar-refractivity contribution in [3.63, 3.8) is 0 Å². The van der Waals surface area contributed by atoms with Gasteiger partial charge in [0.15, 0.2) is 5.82 Å². The molecule has 0 aliphatic rings. The van der Waals surface area contributed by atoms with Crippen molar-refractivity contribution in [1.29, 1.82) is 0 Å². The van der Waals surface area contributed by atoms with E-state index in [1.165, 1.54) is 12.1 Å². The van der Waals surface area contributed by atoms with Gasteiger partial charge in [-0.1, -0.05) is 0 Å². The number of rotatable bonds is 5. The van der Waals surface area contributed by atoms with Crippen LogP contribution in [0.2, 0.25) is 0 Å². The van der Waals surface area contributed by atoms with Gasteiger partial charge in [0.2, 0.25) is 5.96 Å². The van der Waals surface area contributed by atoms with Gasteiger partial charge in [-0.15, -0.1) is 0 Å². The number of aromatic amines is 1. The van der Waals surface area contributed by atoms with Crippen LogP contribution in [0.1, 0.15) is 37.0 Å². The Kier molecular flexibility index (Phi) is 6.06. The number of aryl methyl sites for hydroxylation is 2. The second-order valence-corrected chi connectivity index (χ2v) is 6.81. The highest BCUT2D eigenvalue weighted by molar-refractivity contribution is 6.09. The Hall–Kier alpha value is -3.49. The molecule has 8 nitrogen and oxygen atoms in total. The van der Waals surface area contributed by atoms with Gasteiger partial charge in [0.25, 0.3) is 5.91 Å². The molecule has 0 saturated carbocycles. The first kappa shape index (κ1) is 20.2. The van der Waals surface area contributed by atoms with Crippen LogP contribution in [0.3, 0.4) is 0 Å². The van der Waals surface area contributed by atoms with E-state index in [2.05, 4.69) is 30.9 Å². The number of hydrogen-bond donors (Lipinski definition) is 3. The van der Waals surface area contributed by atoms with Gasteiger partial charge in [-0.2, -0.15) is 10.2 Å². The van der Waals surface area contributed by atoms with Crippen molar-refractivity contribution in [3.05, 3.63) is 53.6 Å². The van der Waals surface area contributed by atoms with Crippen molar-refractivity contribution >= 4 is 17.7 Å². The van der Waals surface area contributed by atoms with E-state index < -0.39 is 0 Å². The zero-order valence-corrected chi connectivity index (χ0v) is 16.8. The van der Waals surface area contributed by atoms with Crippen LogP contribution >= 0.6 is 0 Å². The summed E-state index contributed by atoms with van der Waals surface area (Å²) < 4.78 is 14.8. The maximum atomic E-state index is 13.1. The van der Waals surface area contributed by atoms with E-state index in [9.17, 15) is 9.18 Å². The molecule has 0 spiro atoms. The van der Waals surface area contributed by atoms with Gasteiger partial charge >= 0.3 is 0 Å². The summed E-state index contributed by atoms with van der Waals surface area (Å²) in [6, 6.07) is 9.52. The molecule has 1 aromatic carbocycles. The van der Waals surface area contributed by atoms with E-state index in [0.29, 0.717) is 23.8 Å². The number of nitrogens with zero attached hydrogens (tertiary/aromatic N) is 4. The predicted octanol–water partition coefficient (Wildman–Crippen LogP) is 3.35. The van der Waals surface area contributed by atoms with E-state index >= 15 is 0 Å². The number of aliphatic imine (C=N–C) groups is 1. The van der Waals surface area contributed by atoms with E-state index in [4.69, 9.17) is 0 Å². The Morgan fingerprint density at radius 1 is 1.28 bits per heavy atom. The third kappa shape index (κ3) is 5.07. The van der Waals surface area contributed by atoms with Crippen LogP contribution < -0.4 is 10.6 Å². The molecule has 9 heteroatoms. The molecule has 0 aliphatic heterocycles. The second-order valence-electron chi connectivity index (χ2n) is 6.81. The van der Waals surface area contributed by atoms with Crippen LogP contribution in [0.5, 0.6) is 0 Å². The molecule has 0 bridgehead atoms. The number of halogens is 1. The Morgan fingerprint density at radius 3 is 2.66 bits per heavy atom. The molecule has 0 saturated heterocycles. The molecule has 3 aromatic rings. The fraction of sp³-hybridized carbons (Fsp3) is 0.300. The molecule has 0 radical (unpaired) electrons. The summed E-state index contributed by atoms with van der Waals surface area (Å²) in [4.78, 5) is 17.2. The standard InChI is InChI=1S/C20H24FN7O/c1-5-28-17(10-13(4)27-28)19(29)24-20(22-12(2)3)23-18-11-16(25-26-18)14-6-8-15(21)9-7-14/h6-12H,5H2,1-4H3,(H3,22,23,24,25,26,29). The first-order valence-corrected chi connectivity index (χ1v) is 9.37. The molecule has 0 unspecified atom stereocenters. The van der Waals surface area contributed by atoms with Crippen molar-refractivity contribution in [1.82, 2.24) is 25.3 Å². The number of guanidine groups is 1. The Morgan fingerprint density at radius 2 is 2.00 bits per heavy atom. The van der Waals surface area contributed by atoms with Crippen LogP contribution in [-0.4, -0.2) is 37.9 Å². The zero-order chi connectivity index (χ0) is 21.0. The third-order valence-electron chi connectivity index (χ3n) is 4.03. The minimum atomic E-state index is -0.311. The number of aromatic nitrogens is 4. The molecule has 1 amide bonds. The van der Waals surface area contributed by atoms with Gasteiger partial charge in [0, 0.05) is 18.7 Å². The predicted molar refractivity (Wildman–Crippen MR) is 110 cm³/mol. The Labute approximate surface area is 168 Å². The zero-order valence-electron chi connectivity index (χ0n) is 16.8. The van der Waals surface area contributed by atoms with Crippen molar-refractivity contribution < 1.29 is 9.18 Å². The van der Waals surface area contributed by atoms with E-state index in [1.54, 1.807) is 28.9 Å². The van der Waals surface area contributed by atoms with Gasteiger partial charge in [-0.25, -0.2) is 9.38 Å². The fourth-order valence-corrected chi connectivity index (χ4v) is 2.78. The number of H-pyrrole nitrogens is 1. The lowest BCUT2D eigenvalue weighted by atomic mass is 10.1. The molecule has 152 valence electrons. The molecule has 0 fully saturated rings. The lowest BCUT2D eigenvalue weighted by Crippen LogP contribution is -2.37. The highest BCUT2D eigenvalue weighted by atomic mass is 19.1. The number of carbonyl (C=O) groups is 1. The smallest absolute Gasteiger partial charge is 0.276 e. The van der Waals surface area contributed by atoms with Gasteiger partial charge in [0.05, 0.1) is 11.4 Å². The second kappa shape index (κ2) is 8.68. The van der Waals surface area contributed by atoms with Crippen LogP contribution in [0.4, 0.5) is 10.2 Å². The lowest BCUT2D eigenvalue weighted by molar-refractivity contribution is 0.0966. The number of benzene rings is 1. The normalized spacial score (nSPS) is 11.7. The van der Waals surface area contributed by atoms with Crippen LogP contribution in [0, 0.1) is 12.7 Å². The monoisotopic (exact) mass is 397 g/mol. The average molecular weight is 397 g/mol. The van der Waals surface area contributed by atoms with Crippen molar-refractivity contribution in [2.24, 2.45) is 4.99 Å². The third-order valence-corrected chi connectivity index (χ3v) is 4.03. The largest absolute Gasteiger partial charge is 0.309 e. The molecule has 2 heterocycles. The van der Waals surface area contributed by atoms with Gasteiger partial charge in [-0.05, 0) is 63.6 Å². The quantitative estimate of drug-likeness (QED) is 0.454. The molecule has 29 heavy (non-hydrogen) atoms. The maximum absolute atomic E-state index is 13.1. The average Bonchev–Trinajstić information content (AvgIpc) is 3.28. The topological polar surface area (TPSA) is 100.0 Å². The minimum Gasteiger partial charge on any atom is -0.309 e. The van der Waals surface area contributed by atoms with Gasteiger partial charge in [0.1, 0.15) is 11.5 Å². The first-order valence-electron chi connectivity index (χ1n) is 9.37. The molecular formula is C20H24FN7O. The van der Waals surface area contributed by atoms with Crippen LogP contribution in [0.15, 0.2) is 41.4 Å².